The number of aryl methyl sites for hydroxylation is 1. The molecule has 1 aliphatic heterocycles. The van der Waals surface area contributed by atoms with Gasteiger partial charge in [-0.3, -0.25) is 9.78 Å². The molecule has 3 aromatic rings. The maximum Gasteiger partial charge on any atom is 0.252 e. The lowest BCUT2D eigenvalue weighted by molar-refractivity contribution is -0.129. The molecular weight excluding hydrogens is 677 g/mol. The van der Waals surface area contributed by atoms with E-state index in [1.165, 1.54) is 0 Å². The summed E-state index contributed by atoms with van der Waals surface area (Å²) in [6, 6.07) is 14.9. The van der Waals surface area contributed by atoms with Crippen molar-refractivity contribution in [1.82, 2.24) is 15.2 Å². The molecule has 1 unspecified atom stereocenters. The van der Waals surface area contributed by atoms with E-state index in [9.17, 15) is 4.79 Å². The number of amides is 1. The molecule has 2 aliphatic rings. The summed E-state index contributed by atoms with van der Waals surface area (Å²) in [7, 11) is 3.27. The Labute approximate surface area is 297 Å². The lowest BCUT2D eigenvalue weighted by Crippen LogP contribution is -2.47. The van der Waals surface area contributed by atoms with Gasteiger partial charge in [0.05, 0.1) is 27.7 Å². The standard InChI is InChI=1S/C36H42Cl3N3O6/c1-44-16-4-5-26-19-25(32(39)20-41-26)21-42(27-10-11-27)36(43)34-29(14-15-40-33(34)22-46-23-45-2)24-8-12-28(13-9-24)47-17-18-48-35-30(37)6-3-7-31(35)38/h3,6-9,12-13,19-20,27,33,40H,4-5,10-11,14-18,21-23H2,1-2H3. The number of rotatable bonds is 18. The number of pyridine rings is 1. The number of halogens is 3. The number of benzene rings is 2. The van der Waals surface area contributed by atoms with E-state index < -0.39 is 0 Å². The van der Waals surface area contributed by atoms with Crippen molar-refractivity contribution < 1.29 is 28.5 Å². The fraction of sp³-hybridized carbons (Fsp3) is 0.444. The van der Waals surface area contributed by atoms with E-state index in [2.05, 4.69) is 10.3 Å². The third kappa shape index (κ3) is 9.85. The molecule has 1 aromatic heterocycles. The van der Waals surface area contributed by atoms with Gasteiger partial charge in [0.15, 0.2) is 5.75 Å². The zero-order chi connectivity index (χ0) is 33.9. The van der Waals surface area contributed by atoms with Gasteiger partial charge >= 0.3 is 0 Å². The molecule has 9 nitrogen and oxygen atoms in total. The molecule has 1 atom stereocenters. The molecule has 0 spiro atoms. The van der Waals surface area contributed by atoms with E-state index in [0.717, 1.165) is 48.1 Å². The summed E-state index contributed by atoms with van der Waals surface area (Å²) in [6.07, 6.45) is 5.91. The van der Waals surface area contributed by atoms with Crippen LogP contribution in [0.4, 0.5) is 0 Å². The number of nitrogens with one attached hydrogen (secondary N) is 1. The van der Waals surface area contributed by atoms with Crippen LogP contribution in [0.15, 0.2) is 60.3 Å². The van der Waals surface area contributed by atoms with Crippen LogP contribution in [0.2, 0.25) is 15.1 Å². The number of nitrogens with zero attached hydrogens (tertiary/aromatic N) is 2. The van der Waals surface area contributed by atoms with Gasteiger partial charge in [0.1, 0.15) is 25.8 Å². The fourth-order valence-electron chi connectivity index (χ4n) is 5.74. The van der Waals surface area contributed by atoms with E-state index in [0.29, 0.717) is 71.5 Å². The summed E-state index contributed by atoms with van der Waals surface area (Å²) in [4.78, 5) is 21.1. The van der Waals surface area contributed by atoms with Gasteiger partial charge < -0.3 is 33.9 Å². The van der Waals surface area contributed by atoms with Crippen LogP contribution in [0, 0.1) is 0 Å². The average Bonchev–Trinajstić information content (AvgIpc) is 3.93. The molecule has 1 fully saturated rings. The Morgan fingerprint density at radius 3 is 2.42 bits per heavy atom. The molecule has 2 aromatic carbocycles. The van der Waals surface area contributed by atoms with Crippen LogP contribution in [0.25, 0.3) is 5.57 Å². The second-order valence-corrected chi connectivity index (χ2v) is 12.9. The minimum Gasteiger partial charge on any atom is -0.490 e. The molecule has 258 valence electrons. The number of ether oxygens (including phenoxy) is 5. The van der Waals surface area contributed by atoms with Gasteiger partial charge in [0.2, 0.25) is 0 Å². The highest BCUT2D eigenvalue weighted by molar-refractivity contribution is 6.37. The van der Waals surface area contributed by atoms with Crippen LogP contribution in [0.3, 0.4) is 0 Å². The quantitative estimate of drug-likeness (QED) is 0.111. The van der Waals surface area contributed by atoms with Crippen molar-refractivity contribution >= 4 is 46.3 Å². The minimum absolute atomic E-state index is 0.0183. The Bertz CT molecular complexity index is 1530. The van der Waals surface area contributed by atoms with Gasteiger partial charge in [0, 0.05) is 50.9 Å². The highest BCUT2D eigenvalue weighted by atomic mass is 35.5. The summed E-state index contributed by atoms with van der Waals surface area (Å²) >= 11 is 19.0. The minimum atomic E-state index is -0.306. The zero-order valence-corrected chi connectivity index (χ0v) is 29.6. The Kier molecular flexibility index (Phi) is 13.8. The number of para-hydroxylation sites is 1. The first kappa shape index (κ1) is 36.4. The number of hydrogen-bond donors (Lipinski definition) is 1. The molecule has 0 radical (unpaired) electrons. The molecule has 0 bridgehead atoms. The maximum absolute atomic E-state index is 14.6. The van der Waals surface area contributed by atoms with Crippen LogP contribution in [-0.4, -0.2) is 81.9 Å². The first-order valence-electron chi connectivity index (χ1n) is 16.2. The van der Waals surface area contributed by atoms with E-state index in [-0.39, 0.29) is 31.4 Å². The summed E-state index contributed by atoms with van der Waals surface area (Å²) in [6.45, 7) is 2.78. The monoisotopic (exact) mass is 717 g/mol. The lowest BCUT2D eigenvalue weighted by Gasteiger charge is -2.33. The summed E-state index contributed by atoms with van der Waals surface area (Å²) < 4.78 is 27.8. The molecule has 12 heteroatoms. The van der Waals surface area contributed by atoms with Gasteiger partial charge in [0.25, 0.3) is 5.91 Å². The molecule has 0 saturated heterocycles. The van der Waals surface area contributed by atoms with E-state index >= 15 is 0 Å². The predicted molar refractivity (Wildman–Crippen MR) is 188 cm³/mol. The van der Waals surface area contributed by atoms with Gasteiger partial charge in [-0.05, 0) is 85.7 Å². The predicted octanol–water partition coefficient (Wildman–Crippen LogP) is 7.01. The second kappa shape index (κ2) is 18.2. The molecule has 1 aliphatic carbocycles. The van der Waals surface area contributed by atoms with Gasteiger partial charge in [-0.1, -0.05) is 53.0 Å². The van der Waals surface area contributed by atoms with Crippen LogP contribution < -0.4 is 14.8 Å². The highest BCUT2D eigenvalue weighted by Crippen LogP contribution is 2.36. The number of aromatic nitrogens is 1. The van der Waals surface area contributed by atoms with E-state index in [1.807, 2.05) is 35.2 Å². The largest absolute Gasteiger partial charge is 0.490 e. The first-order chi connectivity index (χ1) is 23.4. The molecular formula is C36H42Cl3N3O6. The molecule has 5 rings (SSSR count). The summed E-state index contributed by atoms with van der Waals surface area (Å²) in [5.41, 5.74) is 4.47. The normalized spacial score (nSPS) is 16.2. The third-order valence-electron chi connectivity index (χ3n) is 8.24. The number of hydrogen-bond acceptors (Lipinski definition) is 8. The van der Waals surface area contributed by atoms with Gasteiger partial charge in [-0.15, -0.1) is 0 Å². The molecule has 48 heavy (non-hydrogen) atoms. The Morgan fingerprint density at radius 1 is 0.958 bits per heavy atom. The number of carbonyl (C=O) groups excluding carboxylic acids is 1. The Morgan fingerprint density at radius 2 is 1.71 bits per heavy atom. The van der Waals surface area contributed by atoms with Crippen molar-refractivity contribution in [2.24, 2.45) is 0 Å². The van der Waals surface area contributed by atoms with Crippen LogP contribution in [-0.2, 0) is 32.0 Å². The SMILES string of the molecule is COCCCc1cc(CN(C(=O)C2=C(c3ccc(OCCOc4c(Cl)cccc4Cl)cc3)CCNC2COCOC)C2CC2)c(Cl)cn1. The molecule has 2 heterocycles. The Hall–Kier alpha value is -2.89. The van der Waals surface area contributed by atoms with Gasteiger partial charge in [-0.25, -0.2) is 0 Å². The highest BCUT2D eigenvalue weighted by Gasteiger charge is 2.38. The van der Waals surface area contributed by atoms with Crippen molar-refractivity contribution in [2.75, 3.05) is 54.0 Å². The average molecular weight is 719 g/mol. The Balaban J connectivity index is 1.35. The molecule has 1 N–H and O–H groups in total. The zero-order valence-electron chi connectivity index (χ0n) is 27.3. The summed E-state index contributed by atoms with van der Waals surface area (Å²) in [5, 5.41) is 4.96. The van der Waals surface area contributed by atoms with E-state index in [4.69, 9.17) is 58.5 Å². The number of methoxy groups -OCH3 is 2. The maximum atomic E-state index is 14.6. The summed E-state index contributed by atoms with van der Waals surface area (Å²) in [5.74, 6) is 1.10. The lowest BCUT2D eigenvalue weighted by atomic mass is 9.88. The van der Waals surface area contributed by atoms with E-state index in [1.54, 1.807) is 38.6 Å². The van der Waals surface area contributed by atoms with Gasteiger partial charge in [-0.2, -0.15) is 0 Å². The third-order valence-corrected chi connectivity index (χ3v) is 9.17. The van der Waals surface area contributed by atoms with Crippen LogP contribution >= 0.6 is 34.8 Å². The second-order valence-electron chi connectivity index (χ2n) is 11.7. The van der Waals surface area contributed by atoms with Crippen LogP contribution in [0.1, 0.15) is 42.5 Å². The molecule has 1 amide bonds. The van der Waals surface area contributed by atoms with Crippen molar-refractivity contribution in [3.8, 4) is 11.5 Å². The van der Waals surface area contributed by atoms with Crippen molar-refractivity contribution in [3.05, 3.63) is 92.2 Å². The van der Waals surface area contributed by atoms with Crippen molar-refractivity contribution in [2.45, 2.75) is 50.7 Å². The smallest absolute Gasteiger partial charge is 0.252 e. The number of carbonyl (C=O) groups is 1. The first-order valence-corrected chi connectivity index (χ1v) is 17.3. The van der Waals surface area contributed by atoms with Crippen molar-refractivity contribution in [1.29, 1.82) is 0 Å². The van der Waals surface area contributed by atoms with Crippen molar-refractivity contribution in [3.63, 3.8) is 0 Å². The van der Waals surface area contributed by atoms with Crippen LogP contribution in [0.5, 0.6) is 11.5 Å². The fourth-order valence-corrected chi connectivity index (χ4v) is 6.41. The molecule has 1 saturated carbocycles. The topological polar surface area (TPSA) is 91.4 Å².